The van der Waals surface area contributed by atoms with E-state index >= 15 is 0 Å². The van der Waals surface area contributed by atoms with Gasteiger partial charge < -0.3 is 14.8 Å². The van der Waals surface area contributed by atoms with Crippen molar-refractivity contribution >= 4 is 23.2 Å². The van der Waals surface area contributed by atoms with Gasteiger partial charge in [0.15, 0.2) is 6.29 Å². The van der Waals surface area contributed by atoms with Crippen molar-refractivity contribution in [2.45, 2.75) is 38.5 Å². The van der Waals surface area contributed by atoms with Crippen LogP contribution in [0.25, 0.3) is 0 Å². The smallest absolute Gasteiger partial charge is 0.159 e. The lowest BCUT2D eigenvalue weighted by Gasteiger charge is -2.21. The Kier molecular flexibility index (Phi) is 6.59. The van der Waals surface area contributed by atoms with Gasteiger partial charge in [0.1, 0.15) is 0 Å². The lowest BCUT2D eigenvalue weighted by Crippen LogP contribution is -2.35. The zero-order chi connectivity index (χ0) is 14.4. The van der Waals surface area contributed by atoms with Crippen molar-refractivity contribution < 1.29 is 9.47 Å². The van der Waals surface area contributed by atoms with E-state index in [9.17, 15) is 0 Å². The monoisotopic (exact) mass is 317 g/mol. The minimum atomic E-state index is -0.0906. The van der Waals surface area contributed by atoms with E-state index in [1.807, 2.05) is 18.2 Å². The van der Waals surface area contributed by atoms with E-state index in [-0.39, 0.29) is 6.29 Å². The highest BCUT2D eigenvalue weighted by molar-refractivity contribution is 6.42. The SMILES string of the molecule is CCCNC(Cc1ccc(Cl)c(Cl)c1)CC1OCCO1. The van der Waals surface area contributed by atoms with Gasteiger partial charge >= 0.3 is 0 Å². The summed E-state index contributed by atoms with van der Waals surface area (Å²) in [7, 11) is 0. The Labute approximate surface area is 130 Å². The maximum absolute atomic E-state index is 6.07. The fourth-order valence-corrected chi connectivity index (χ4v) is 2.63. The van der Waals surface area contributed by atoms with Crippen LogP contribution < -0.4 is 5.32 Å². The minimum absolute atomic E-state index is 0.0906. The van der Waals surface area contributed by atoms with Crippen molar-refractivity contribution in [3.8, 4) is 0 Å². The van der Waals surface area contributed by atoms with Crippen LogP contribution in [0.4, 0.5) is 0 Å². The largest absolute Gasteiger partial charge is 0.350 e. The molecule has 1 saturated heterocycles. The van der Waals surface area contributed by atoms with Crippen molar-refractivity contribution in [1.82, 2.24) is 5.32 Å². The van der Waals surface area contributed by atoms with Gasteiger partial charge in [0.2, 0.25) is 0 Å². The molecular weight excluding hydrogens is 297 g/mol. The number of halogens is 2. The van der Waals surface area contributed by atoms with E-state index in [0.717, 1.165) is 25.8 Å². The second kappa shape index (κ2) is 8.20. The molecule has 1 aromatic carbocycles. The third kappa shape index (κ3) is 4.90. The minimum Gasteiger partial charge on any atom is -0.350 e. The molecule has 1 N–H and O–H groups in total. The molecule has 0 radical (unpaired) electrons. The van der Waals surface area contributed by atoms with E-state index in [0.29, 0.717) is 29.3 Å². The summed E-state index contributed by atoms with van der Waals surface area (Å²) in [5, 5.41) is 4.74. The van der Waals surface area contributed by atoms with Crippen LogP contribution in [0.2, 0.25) is 10.0 Å². The summed E-state index contributed by atoms with van der Waals surface area (Å²) in [6, 6.07) is 6.11. The molecule has 0 saturated carbocycles. The lowest BCUT2D eigenvalue weighted by molar-refractivity contribution is -0.0526. The number of nitrogens with one attached hydrogen (secondary N) is 1. The number of hydrogen-bond acceptors (Lipinski definition) is 3. The van der Waals surface area contributed by atoms with Gasteiger partial charge in [-0.1, -0.05) is 36.2 Å². The molecule has 1 aliphatic rings. The van der Waals surface area contributed by atoms with Crippen molar-refractivity contribution in [1.29, 1.82) is 0 Å². The van der Waals surface area contributed by atoms with Crippen molar-refractivity contribution in [2.75, 3.05) is 19.8 Å². The van der Waals surface area contributed by atoms with E-state index in [4.69, 9.17) is 32.7 Å². The highest BCUT2D eigenvalue weighted by Gasteiger charge is 2.21. The molecule has 1 atom stereocenters. The van der Waals surface area contributed by atoms with Crippen molar-refractivity contribution in [3.63, 3.8) is 0 Å². The number of benzene rings is 1. The molecule has 0 aromatic heterocycles. The quantitative estimate of drug-likeness (QED) is 0.832. The van der Waals surface area contributed by atoms with Crippen LogP contribution in [0.15, 0.2) is 18.2 Å². The summed E-state index contributed by atoms with van der Waals surface area (Å²) in [5.41, 5.74) is 1.17. The highest BCUT2D eigenvalue weighted by Crippen LogP contribution is 2.24. The fraction of sp³-hybridized carbons (Fsp3) is 0.600. The Bertz CT molecular complexity index is 422. The summed E-state index contributed by atoms with van der Waals surface area (Å²) in [6.07, 6.45) is 2.75. The fourth-order valence-electron chi connectivity index (χ4n) is 2.31. The molecule has 0 spiro atoms. The molecule has 0 aliphatic carbocycles. The summed E-state index contributed by atoms with van der Waals surface area (Å²) in [5.74, 6) is 0. The van der Waals surface area contributed by atoms with Gasteiger partial charge in [-0.05, 0) is 37.1 Å². The van der Waals surface area contributed by atoms with Crippen molar-refractivity contribution in [2.24, 2.45) is 0 Å². The zero-order valence-corrected chi connectivity index (χ0v) is 13.2. The van der Waals surface area contributed by atoms with E-state index < -0.39 is 0 Å². The average molecular weight is 318 g/mol. The molecule has 1 unspecified atom stereocenters. The van der Waals surface area contributed by atoms with Gasteiger partial charge in [-0.15, -0.1) is 0 Å². The van der Waals surface area contributed by atoms with Crippen LogP contribution in [-0.4, -0.2) is 32.1 Å². The summed E-state index contributed by atoms with van der Waals surface area (Å²) >= 11 is 12.0. The van der Waals surface area contributed by atoms with Gasteiger partial charge in [-0.25, -0.2) is 0 Å². The zero-order valence-electron chi connectivity index (χ0n) is 11.7. The first-order chi connectivity index (χ1) is 9.69. The van der Waals surface area contributed by atoms with Crippen LogP contribution in [0.1, 0.15) is 25.3 Å². The number of ether oxygens (including phenoxy) is 2. The van der Waals surface area contributed by atoms with Crippen LogP contribution in [0, 0.1) is 0 Å². The van der Waals surface area contributed by atoms with Gasteiger partial charge in [0, 0.05) is 12.5 Å². The average Bonchev–Trinajstić information content (AvgIpc) is 2.93. The molecule has 20 heavy (non-hydrogen) atoms. The topological polar surface area (TPSA) is 30.5 Å². The van der Waals surface area contributed by atoms with Gasteiger partial charge in [0.25, 0.3) is 0 Å². The third-order valence-electron chi connectivity index (χ3n) is 3.32. The first-order valence-electron chi connectivity index (χ1n) is 7.09. The predicted molar refractivity (Wildman–Crippen MR) is 82.6 cm³/mol. The molecule has 1 fully saturated rings. The Balaban J connectivity index is 1.95. The Morgan fingerprint density at radius 3 is 2.65 bits per heavy atom. The number of hydrogen-bond donors (Lipinski definition) is 1. The summed E-state index contributed by atoms with van der Waals surface area (Å²) in [6.45, 7) is 4.53. The maximum atomic E-state index is 6.07. The molecular formula is C15H21Cl2NO2. The standard InChI is InChI=1S/C15H21Cl2NO2/c1-2-5-18-12(10-15-19-6-7-20-15)8-11-3-4-13(16)14(17)9-11/h3-4,9,12,15,18H,2,5-8,10H2,1H3. The summed E-state index contributed by atoms with van der Waals surface area (Å²) in [4.78, 5) is 0. The molecule has 0 bridgehead atoms. The molecule has 112 valence electrons. The molecule has 5 heteroatoms. The van der Waals surface area contributed by atoms with Crippen LogP contribution in [0.3, 0.4) is 0 Å². The van der Waals surface area contributed by atoms with Crippen LogP contribution in [-0.2, 0) is 15.9 Å². The second-order valence-electron chi connectivity index (χ2n) is 5.01. The second-order valence-corrected chi connectivity index (χ2v) is 5.82. The predicted octanol–water partition coefficient (Wildman–Crippen LogP) is 3.67. The Morgan fingerprint density at radius 2 is 2.00 bits per heavy atom. The maximum Gasteiger partial charge on any atom is 0.159 e. The highest BCUT2D eigenvalue weighted by atomic mass is 35.5. The van der Waals surface area contributed by atoms with Gasteiger partial charge in [0.05, 0.1) is 23.3 Å². The van der Waals surface area contributed by atoms with E-state index in [1.165, 1.54) is 5.56 Å². The van der Waals surface area contributed by atoms with Gasteiger partial charge in [-0.3, -0.25) is 0 Å². The first kappa shape index (κ1) is 16.1. The summed E-state index contributed by atoms with van der Waals surface area (Å²) < 4.78 is 11.1. The van der Waals surface area contributed by atoms with Crippen molar-refractivity contribution in [3.05, 3.63) is 33.8 Å². The Hall–Kier alpha value is -0.320. The molecule has 1 heterocycles. The van der Waals surface area contributed by atoms with Gasteiger partial charge in [-0.2, -0.15) is 0 Å². The number of rotatable bonds is 7. The molecule has 1 aliphatic heterocycles. The first-order valence-corrected chi connectivity index (χ1v) is 7.85. The molecule has 0 amide bonds. The third-order valence-corrected chi connectivity index (χ3v) is 4.06. The molecule has 3 nitrogen and oxygen atoms in total. The van der Waals surface area contributed by atoms with Crippen LogP contribution >= 0.6 is 23.2 Å². The molecule has 1 aromatic rings. The van der Waals surface area contributed by atoms with E-state index in [2.05, 4.69) is 12.2 Å². The lowest BCUT2D eigenvalue weighted by atomic mass is 10.0. The van der Waals surface area contributed by atoms with E-state index in [1.54, 1.807) is 0 Å². The molecule has 2 rings (SSSR count). The van der Waals surface area contributed by atoms with Crippen LogP contribution in [0.5, 0.6) is 0 Å². The normalized spacial score (nSPS) is 17.6. The Morgan fingerprint density at radius 1 is 1.25 bits per heavy atom.